The van der Waals surface area contributed by atoms with Crippen molar-refractivity contribution in [1.29, 1.82) is 0 Å². The van der Waals surface area contributed by atoms with E-state index in [9.17, 15) is 4.79 Å². The lowest BCUT2D eigenvalue weighted by Gasteiger charge is -2.57. The molecule has 1 aromatic carbocycles. The first-order valence-corrected chi connectivity index (χ1v) is 11.8. The van der Waals surface area contributed by atoms with Gasteiger partial charge < -0.3 is 10.1 Å². The zero-order valence-electron chi connectivity index (χ0n) is 17.6. The Labute approximate surface area is 181 Å². The molecule has 0 aliphatic heterocycles. The molecule has 0 unspecified atom stereocenters. The quantitative estimate of drug-likeness (QED) is 0.683. The number of benzene rings is 1. The maximum absolute atomic E-state index is 13.1. The molecule has 0 radical (unpaired) electrons. The number of carbonyl (C=O) groups is 1. The van der Waals surface area contributed by atoms with Crippen molar-refractivity contribution in [3.8, 4) is 5.75 Å². The normalized spacial score (nSPS) is 30.3. The monoisotopic (exact) mass is 427 g/mol. The standard InChI is InChI=1S/C22H29N5O2S/c1-14(20(28)23-22-10-16-7-17(11-22)9-18(8-16)12-22)30-21-24-25-26-27(21)13-15-3-5-19(29-2)6-4-15/h3-6,14,16-18H,7-13H2,1-2H3,(H,23,28)/t14-,16?,17?,18?,22?/m1/s1. The van der Waals surface area contributed by atoms with Crippen molar-refractivity contribution in [2.75, 3.05) is 7.11 Å². The number of amides is 1. The molecule has 0 saturated heterocycles. The van der Waals surface area contributed by atoms with Crippen LogP contribution in [0.5, 0.6) is 5.75 Å². The summed E-state index contributed by atoms with van der Waals surface area (Å²) in [7, 11) is 1.65. The van der Waals surface area contributed by atoms with Crippen LogP contribution < -0.4 is 10.1 Å². The van der Waals surface area contributed by atoms with Crippen molar-refractivity contribution < 1.29 is 9.53 Å². The molecule has 4 saturated carbocycles. The van der Waals surface area contributed by atoms with Crippen molar-refractivity contribution in [3.05, 3.63) is 29.8 Å². The highest BCUT2D eigenvalue weighted by molar-refractivity contribution is 8.00. The van der Waals surface area contributed by atoms with Crippen molar-refractivity contribution in [1.82, 2.24) is 25.5 Å². The van der Waals surface area contributed by atoms with Gasteiger partial charge in [0, 0.05) is 5.54 Å². The molecule has 1 heterocycles. The van der Waals surface area contributed by atoms with Crippen molar-refractivity contribution in [2.45, 2.75) is 67.9 Å². The van der Waals surface area contributed by atoms with E-state index in [1.165, 1.54) is 50.3 Å². The predicted molar refractivity (Wildman–Crippen MR) is 114 cm³/mol. The van der Waals surface area contributed by atoms with Gasteiger partial charge in [0.1, 0.15) is 5.75 Å². The molecule has 1 aromatic heterocycles. The molecule has 4 aliphatic rings. The van der Waals surface area contributed by atoms with E-state index in [0.29, 0.717) is 11.7 Å². The highest BCUT2D eigenvalue weighted by atomic mass is 32.2. The van der Waals surface area contributed by atoms with Crippen LogP contribution in [-0.2, 0) is 11.3 Å². The van der Waals surface area contributed by atoms with Gasteiger partial charge in [-0.25, -0.2) is 4.68 Å². The molecule has 1 amide bonds. The number of hydrogen-bond acceptors (Lipinski definition) is 6. The first kappa shape index (κ1) is 19.8. The second kappa shape index (κ2) is 7.87. The average Bonchev–Trinajstić information content (AvgIpc) is 3.13. The number of nitrogens with one attached hydrogen (secondary N) is 1. The molecule has 0 spiro atoms. The Morgan fingerprint density at radius 3 is 2.43 bits per heavy atom. The van der Waals surface area contributed by atoms with Gasteiger partial charge in [-0.3, -0.25) is 4.79 Å². The summed E-state index contributed by atoms with van der Waals surface area (Å²) in [6.07, 6.45) is 7.62. The molecule has 2 aromatic rings. The van der Waals surface area contributed by atoms with Gasteiger partial charge in [0.2, 0.25) is 11.1 Å². The number of hydrogen-bond donors (Lipinski definition) is 1. The summed E-state index contributed by atoms with van der Waals surface area (Å²) in [4.78, 5) is 13.1. The first-order chi connectivity index (χ1) is 14.5. The summed E-state index contributed by atoms with van der Waals surface area (Å²) >= 11 is 1.43. The maximum atomic E-state index is 13.1. The predicted octanol–water partition coefficient (Wildman–Crippen LogP) is 3.30. The zero-order chi connectivity index (χ0) is 20.7. The highest BCUT2D eigenvalue weighted by Crippen LogP contribution is 2.55. The number of carbonyl (C=O) groups excluding carboxylic acids is 1. The van der Waals surface area contributed by atoms with Crippen LogP contribution in [0.1, 0.15) is 51.0 Å². The van der Waals surface area contributed by atoms with E-state index in [2.05, 4.69) is 20.8 Å². The molecule has 4 bridgehead atoms. The average molecular weight is 428 g/mol. The van der Waals surface area contributed by atoms with E-state index in [0.717, 1.165) is 29.1 Å². The van der Waals surface area contributed by atoms with Crippen molar-refractivity contribution in [3.63, 3.8) is 0 Å². The van der Waals surface area contributed by atoms with Gasteiger partial charge in [-0.05, 0) is 91.3 Å². The Morgan fingerprint density at radius 1 is 1.20 bits per heavy atom. The number of methoxy groups -OCH3 is 1. The fraction of sp³-hybridized carbons (Fsp3) is 0.636. The fourth-order valence-electron chi connectivity index (χ4n) is 6.12. The number of tetrazole rings is 1. The van der Waals surface area contributed by atoms with E-state index < -0.39 is 0 Å². The van der Waals surface area contributed by atoms with Crippen LogP contribution in [0, 0.1) is 17.8 Å². The van der Waals surface area contributed by atoms with E-state index in [1.54, 1.807) is 11.8 Å². The van der Waals surface area contributed by atoms with E-state index >= 15 is 0 Å². The topological polar surface area (TPSA) is 81.9 Å². The second-order valence-electron chi connectivity index (χ2n) is 9.41. The lowest BCUT2D eigenvalue weighted by atomic mass is 9.53. The molecule has 1 atom stereocenters. The summed E-state index contributed by atoms with van der Waals surface area (Å²) in [5, 5.41) is 16.0. The lowest BCUT2D eigenvalue weighted by molar-refractivity contribution is -0.126. The third-order valence-electron chi connectivity index (χ3n) is 7.07. The number of ether oxygens (including phenoxy) is 1. The van der Waals surface area contributed by atoms with Crippen LogP contribution in [0.15, 0.2) is 29.4 Å². The summed E-state index contributed by atoms with van der Waals surface area (Å²) in [5.74, 6) is 3.38. The molecule has 4 fully saturated rings. The lowest BCUT2D eigenvalue weighted by Crippen LogP contribution is -2.60. The number of nitrogens with zero attached hydrogens (tertiary/aromatic N) is 4. The van der Waals surface area contributed by atoms with Gasteiger partial charge in [-0.15, -0.1) is 5.10 Å². The molecular weight excluding hydrogens is 398 g/mol. The molecule has 7 nitrogen and oxygen atoms in total. The minimum Gasteiger partial charge on any atom is -0.497 e. The van der Waals surface area contributed by atoms with E-state index in [1.807, 2.05) is 31.2 Å². The van der Waals surface area contributed by atoms with Gasteiger partial charge in [0.05, 0.1) is 18.9 Å². The first-order valence-electron chi connectivity index (χ1n) is 10.9. The minimum atomic E-state index is -0.237. The zero-order valence-corrected chi connectivity index (χ0v) is 18.4. The number of aromatic nitrogens is 4. The maximum Gasteiger partial charge on any atom is 0.233 e. The van der Waals surface area contributed by atoms with Crippen LogP contribution in [-0.4, -0.2) is 44.0 Å². The van der Waals surface area contributed by atoms with Crippen molar-refractivity contribution >= 4 is 17.7 Å². The molecule has 160 valence electrons. The largest absolute Gasteiger partial charge is 0.497 e. The van der Waals surface area contributed by atoms with Gasteiger partial charge in [-0.2, -0.15) is 0 Å². The summed E-state index contributed by atoms with van der Waals surface area (Å²) in [6, 6.07) is 7.85. The smallest absolute Gasteiger partial charge is 0.233 e. The summed E-state index contributed by atoms with van der Waals surface area (Å²) < 4.78 is 6.96. The SMILES string of the molecule is COc1ccc(Cn2nnnc2S[C@H](C)C(=O)NC23CC4CC(CC(C4)C2)C3)cc1. The fourth-order valence-corrected chi connectivity index (χ4v) is 6.91. The molecule has 1 N–H and O–H groups in total. The van der Waals surface area contributed by atoms with Crippen LogP contribution >= 0.6 is 11.8 Å². The Morgan fingerprint density at radius 2 is 1.83 bits per heavy atom. The van der Waals surface area contributed by atoms with Crippen LogP contribution in [0.4, 0.5) is 0 Å². The van der Waals surface area contributed by atoms with Crippen LogP contribution in [0.3, 0.4) is 0 Å². The number of thioether (sulfide) groups is 1. The Balaban J connectivity index is 1.22. The molecule has 6 rings (SSSR count). The van der Waals surface area contributed by atoms with Gasteiger partial charge in [0.15, 0.2) is 0 Å². The summed E-state index contributed by atoms with van der Waals surface area (Å²) in [6.45, 7) is 2.51. The van der Waals surface area contributed by atoms with Gasteiger partial charge in [-0.1, -0.05) is 23.9 Å². The van der Waals surface area contributed by atoms with Crippen LogP contribution in [0.2, 0.25) is 0 Å². The minimum absolute atomic E-state index is 0.0374. The van der Waals surface area contributed by atoms with Crippen molar-refractivity contribution in [2.24, 2.45) is 17.8 Å². The molecule has 30 heavy (non-hydrogen) atoms. The van der Waals surface area contributed by atoms with Gasteiger partial charge in [0.25, 0.3) is 0 Å². The molecule has 4 aliphatic carbocycles. The number of rotatable bonds is 7. The van der Waals surface area contributed by atoms with Crippen LogP contribution in [0.25, 0.3) is 0 Å². The summed E-state index contributed by atoms with van der Waals surface area (Å²) in [5.41, 5.74) is 1.12. The molecule has 8 heteroatoms. The third kappa shape index (κ3) is 3.94. The Hall–Kier alpha value is -2.09. The Kier molecular flexibility index (Phi) is 5.21. The highest BCUT2D eigenvalue weighted by Gasteiger charge is 2.51. The second-order valence-corrected chi connectivity index (χ2v) is 10.7. The van der Waals surface area contributed by atoms with E-state index in [4.69, 9.17) is 4.74 Å². The third-order valence-corrected chi connectivity index (χ3v) is 8.14. The molecular formula is C22H29N5O2S. The van der Waals surface area contributed by atoms with Gasteiger partial charge >= 0.3 is 0 Å². The van der Waals surface area contributed by atoms with E-state index in [-0.39, 0.29) is 16.7 Å². The Bertz CT molecular complexity index is 877.